The molecule has 2 fully saturated rings. The van der Waals surface area contributed by atoms with Crippen LogP contribution in [0.5, 0.6) is 0 Å². The van der Waals surface area contributed by atoms with E-state index in [0.717, 1.165) is 19.4 Å². The fourth-order valence-corrected chi connectivity index (χ4v) is 4.38. The summed E-state index contributed by atoms with van der Waals surface area (Å²) in [5.74, 6) is 0.548. The van der Waals surface area contributed by atoms with Crippen molar-refractivity contribution >= 4 is 0 Å². The maximum atomic E-state index is 6.33. The summed E-state index contributed by atoms with van der Waals surface area (Å²) in [6, 6.07) is 0.488. The maximum absolute atomic E-state index is 6.33. The zero-order chi connectivity index (χ0) is 15.7. The van der Waals surface area contributed by atoms with Crippen LogP contribution < -0.4 is 5.32 Å². The van der Waals surface area contributed by atoms with Gasteiger partial charge in [0.25, 0.3) is 0 Å². The van der Waals surface area contributed by atoms with Crippen molar-refractivity contribution in [2.45, 2.75) is 96.0 Å². The van der Waals surface area contributed by atoms with Crippen molar-refractivity contribution < 1.29 is 9.47 Å². The van der Waals surface area contributed by atoms with E-state index in [-0.39, 0.29) is 16.8 Å². The summed E-state index contributed by atoms with van der Waals surface area (Å²) in [4.78, 5) is 0. The van der Waals surface area contributed by atoms with Crippen molar-refractivity contribution in [1.82, 2.24) is 5.32 Å². The second-order valence-electron chi connectivity index (χ2n) is 8.28. The molecule has 2 rings (SSSR count). The Morgan fingerprint density at radius 3 is 2.29 bits per heavy atom. The van der Waals surface area contributed by atoms with Gasteiger partial charge in [-0.15, -0.1) is 0 Å². The lowest BCUT2D eigenvalue weighted by Crippen LogP contribution is -2.51. The Kier molecular flexibility index (Phi) is 5.07. The molecule has 1 aliphatic heterocycles. The Morgan fingerprint density at radius 1 is 1.24 bits per heavy atom. The molecule has 1 saturated carbocycles. The number of nitrogens with one attached hydrogen (secondary N) is 1. The van der Waals surface area contributed by atoms with Crippen LogP contribution in [-0.4, -0.2) is 36.5 Å². The standard InChI is InChI=1S/C18H35NO2/c1-7-11-19-15(13-18(20-6)9-8-10-18)14-12-16(2,3)21-17(14,4)5/h14-15,19H,7-13H2,1-6H3. The minimum atomic E-state index is -0.0619. The van der Waals surface area contributed by atoms with Crippen LogP contribution >= 0.6 is 0 Å². The van der Waals surface area contributed by atoms with E-state index in [1.165, 1.54) is 25.7 Å². The molecular formula is C18H35NO2. The Hall–Kier alpha value is -0.120. The first-order valence-corrected chi connectivity index (χ1v) is 8.72. The van der Waals surface area contributed by atoms with Crippen molar-refractivity contribution in [3.05, 3.63) is 0 Å². The lowest BCUT2D eigenvalue weighted by Gasteiger charge is -2.45. The predicted octanol–water partition coefficient (Wildman–Crippen LogP) is 3.91. The van der Waals surface area contributed by atoms with Gasteiger partial charge in [0, 0.05) is 19.1 Å². The first-order valence-electron chi connectivity index (χ1n) is 8.72. The second-order valence-corrected chi connectivity index (χ2v) is 8.28. The summed E-state index contributed by atoms with van der Waals surface area (Å²) in [6.07, 6.45) is 7.16. The van der Waals surface area contributed by atoms with Crippen LogP contribution in [0, 0.1) is 5.92 Å². The molecule has 0 amide bonds. The van der Waals surface area contributed by atoms with Crippen molar-refractivity contribution in [1.29, 1.82) is 0 Å². The van der Waals surface area contributed by atoms with Crippen LogP contribution in [0.4, 0.5) is 0 Å². The van der Waals surface area contributed by atoms with Gasteiger partial charge in [-0.1, -0.05) is 6.92 Å². The zero-order valence-electron chi connectivity index (χ0n) is 14.9. The van der Waals surface area contributed by atoms with E-state index in [1.807, 2.05) is 7.11 Å². The first kappa shape index (κ1) is 17.2. The molecule has 1 aliphatic carbocycles. The molecule has 2 aliphatic rings. The van der Waals surface area contributed by atoms with Gasteiger partial charge in [-0.25, -0.2) is 0 Å². The van der Waals surface area contributed by atoms with Gasteiger partial charge >= 0.3 is 0 Å². The summed E-state index contributed by atoms with van der Waals surface area (Å²) in [6.45, 7) is 12.3. The Morgan fingerprint density at radius 2 is 1.90 bits per heavy atom. The number of hydrogen-bond acceptors (Lipinski definition) is 3. The summed E-state index contributed by atoms with van der Waals surface area (Å²) in [5.41, 5.74) is 0.0436. The van der Waals surface area contributed by atoms with E-state index in [4.69, 9.17) is 9.47 Å². The number of hydrogen-bond donors (Lipinski definition) is 1. The van der Waals surface area contributed by atoms with Crippen LogP contribution in [0.3, 0.4) is 0 Å². The lowest BCUT2D eigenvalue weighted by atomic mass is 9.70. The molecule has 1 heterocycles. The molecule has 0 spiro atoms. The Balaban J connectivity index is 2.11. The highest BCUT2D eigenvalue weighted by Crippen LogP contribution is 2.47. The van der Waals surface area contributed by atoms with Gasteiger partial charge in [-0.3, -0.25) is 0 Å². The molecule has 0 aromatic heterocycles. The van der Waals surface area contributed by atoms with Crippen LogP contribution in [0.25, 0.3) is 0 Å². The molecular weight excluding hydrogens is 262 g/mol. The third-order valence-corrected chi connectivity index (χ3v) is 5.58. The van der Waals surface area contributed by atoms with Crippen LogP contribution in [-0.2, 0) is 9.47 Å². The average molecular weight is 297 g/mol. The molecule has 3 nitrogen and oxygen atoms in total. The fourth-order valence-electron chi connectivity index (χ4n) is 4.38. The normalized spacial score (nSPS) is 30.9. The SMILES string of the molecule is CCCNC(CC1(OC)CCC1)C1CC(C)(C)OC1(C)C. The summed E-state index contributed by atoms with van der Waals surface area (Å²) in [5, 5.41) is 3.80. The quantitative estimate of drug-likeness (QED) is 0.773. The molecule has 0 radical (unpaired) electrons. The Bertz CT molecular complexity index is 342. The van der Waals surface area contributed by atoms with Crippen LogP contribution in [0.2, 0.25) is 0 Å². The van der Waals surface area contributed by atoms with Crippen LogP contribution in [0.1, 0.15) is 73.1 Å². The molecule has 1 saturated heterocycles. The summed E-state index contributed by atoms with van der Waals surface area (Å²) < 4.78 is 12.2. The van der Waals surface area contributed by atoms with Gasteiger partial charge in [-0.05, 0) is 72.8 Å². The largest absolute Gasteiger partial charge is 0.378 e. The molecule has 3 heteroatoms. The van der Waals surface area contributed by atoms with E-state index < -0.39 is 0 Å². The molecule has 0 aromatic rings. The minimum Gasteiger partial charge on any atom is -0.378 e. The smallest absolute Gasteiger partial charge is 0.0693 e. The monoisotopic (exact) mass is 297 g/mol. The zero-order valence-corrected chi connectivity index (χ0v) is 14.9. The van der Waals surface area contributed by atoms with E-state index in [0.29, 0.717) is 12.0 Å². The molecule has 0 aromatic carbocycles. The molecule has 1 N–H and O–H groups in total. The number of ether oxygens (including phenoxy) is 2. The number of methoxy groups -OCH3 is 1. The van der Waals surface area contributed by atoms with Gasteiger partial charge in [0.2, 0.25) is 0 Å². The topological polar surface area (TPSA) is 30.5 Å². The highest BCUT2D eigenvalue weighted by molar-refractivity contribution is 5.03. The van der Waals surface area contributed by atoms with Crippen LogP contribution in [0.15, 0.2) is 0 Å². The predicted molar refractivity (Wildman–Crippen MR) is 87.6 cm³/mol. The van der Waals surface area contributed by atoms with Gasteiger partial charge in [-0.2, -0.15) is 0 Å². The summed E-state index contributed by atoms with van der Waals surface area (Å²) >= 11 is 0. The minimum absolute atomic E-state index is 0.0137. The highest BCUT2D eigenvalue weighted by Gasteiger charge is 2.51. The van der Waals surface area contributed by atoms with E-state index in [1.54, 1.807) is 0 Å². The average Bonchev–Trinajstić information content (AvgIpc) is 2.56. The molecule has 0 bridgehead atoms. The van der Waals surface area contributed by atoms with Crippen molar-refractivity contribution in [2.24, 2.45) is 5.92 Å². The van der Waals surface area contributed by atoms with Gasteiger partial charge < -0.3 is 14.8 Å². The van der Waals surface area contributed by atoms with E-state index >= 15 is 0 Å². The molecule has 124 valence electrons. The van der Waals surface area contributed by atoms with Gasteiger partial charge in [0.05, 0.1) is 16.8 Å². The fraction of sp³-hybridized carbons (Fsp3) is 1.00. The van der Waals surface area contributed by atoms with Crippen molar-refractivity contribution in [3.63, 3.8) is 0 Å². The van der Waals surface area contributed by atoms with E-state index in [2.05, 4.69) is 39.9 Å². The maximum Gasteiger partial charge on any atom is 0.0693 e. The lowest BCUT2D eigenvalue weighted by molar-refractivity contribution is -0.100. The molecule has 2 unspecified atom stereocenters. The first-order chi connectivity index (χ1) is 9.74. The third-order valence-electron chi connectivity index (χ3n) is 5.58. The Labute approximate surface area is 131 Å². The third kappa shape index (κ3) is 3.80. The molecule has 2 atom stereocenters. The summed E-state index contributed by atoms with van der Waals surface area (Å²) in [7, 11) is 1.89. The van der Waals surface area contributed by atoms with Crippen molar-refractivity contribution in [3.8, 4) is 0 Å². The van der Waals surface area contributed by atoms with Gasteiger partial charge in [0.1, 0.15) is 0 Å². The van der Waals surface area contributed by atoms with E-state index in [9.17, 15) is 0 Å². The second kappa shape index (κ2) is 6.17. The highest BCUT2D eigenvalue weighted by atomic mass is 16.5. The van der Waals surface area contributed by atoms with Gasteiger partial charge in [0.15, 0.2) is 0 Å². The number of rotatable bonds is 7. The van der Waals surface area contributed by atoms with Crippen molar-refractivity contribution in [2.75, 3.05) is 13.7 Å². The molecule has 21 heavy (non-hydrogen) atoms.